The zero-order valence-electron chi connectivity index (χ0n) is 28.7. The Balaban J connectivity index is 1.05. The van der Waals surface area contributed by atoms with Gasteiger partial charge < -0.3 is 43.7 Å². The van der Waals surface area contributed by atoms with Gasteiger partial charge in [-0.1, -0.05) is 152 Å². The van der Waals surface area contributed by atoms with Crippen LogP contribution in [-0.4, -0.2) is 77.7 Å². The standard InChI is InChI=1S/C43H44O9/c44-37-35(29-50-43(32-20-10-3-11-21-32,33-22-12-4-13-23-33)34-24-14-5-15-25-34)52-42(38(37)45)49-28-36-39(47-26-30-16-6-1-7-17-30)40(41(46)51-36)48-27-31-18-8-2-9-19-31/h1-25,35-42,44-46H,26-29H2/t35-,36-,37-,38+,39-,40+,41+,42+/m1/s1. The SMILES string of the molecule is O[C@@H]1[C@@H](OC[C@H]2O[C@H](O)[C@@H](OCc3ccccc3)[C@@H]2OCc2ccccc2)O[C@H](COC(c2ccccc2)(c2ccccc2)c2ccccc2)[C@H]1O. The third-order valence-corrected chi connectivity index (χ3v) is 9.60. The summed E-state index contributed by atoms with van der Waals surface area (Å²) >= 11 is 0. The molecule has 8 atom stereocenters. The van der Waals surface area contributed by atoms with E-state index in [1.54, 1.807) is 0 Å². The van der Waals surface area contributed by atoms with E-state index in [0.29, 0.717) is 0 Å². The highest BCUT2D eigenvalue weighted by Gasteiger charge is 2.49. The molecule has 2 saturated heterocycles. The molecule has 0 aromatic heterocycles. The van der Waals surface area contributed by atoms with Crippen LogP contribution in [0.4, 0.5) is 0 Å². The van der Waals surface area contributed by atoms with Crippen molar-refractivity contribution >= 4 is 0 Å². The average Bonchev–Trinajstić information content (AvgIpc) is 3.66. The lowest BCUT2D eigenvalue weighted by Gasteiger charge is -2.37. The average molecular weight is 705 g/mol. The Morgan fingerprint density at radius 2 is 0.904 bits per heavy atom. The fourth-order valence-corrected chi connectivity index (χ4v) is 6.91. The maximum Gasteiger partial charge on any atom is 0.186 e. The molecule has 0 unspecified atom stereocenters. The minimum atomic E-state index is -1.37. The van der Waals surface area contributed by atoms with Crippen LogP contribution in [-0.2, 0) is 47.2 Å². The van der Waals surface area contributed by atoms with Gasteiger partial charge in [-0.3, -0.25) is 0 Å². The van der Waals surface area contributed by atoms with Gasteiger partial charge in [0, 0.05) is 0 Å². The van der Waals surface area contributed by atoms with Crippen LogP contribution in [0.5, 0.6) is 0 Å². The van der Waals surface area contributed by atoms with Crippen molar-refractivity contribution in [2.75, 3.05) is 13.2 Å². The molecule has 9 heteroatoms. The lowest BCUT2D eigenvalue weighted by Crippen LogP contribution is -2.41. The molecule has 270 valence electrons. The summed E-state index contributed by atoms with van der Waals surface area (Å²) in [6, 6.07) is 49.0. The van der Waals surface area contributed by atoms with Gasteiger partial charge >= 0.3 is 0 Å². The minimum Gasteiger partial charge on any atom is -0.387 e. The number of hydrogen-bond acceptors (Lipinski definition) is 9. The Morgan fingerprint density at radius 1 is 0.462 bits per heavy atom. The van der Waals surface area contributed by atoms with E-state index in [0.717, 1.165) is 27.8 Å². The highest BCUT2D eigenvalue weighted by molar-refractivity contribution is 5.47. The Hall–Kier alpha value is -4.26. The number of aliphatic hydroxyl groups excluding tert-OH is 3. The molecule has 2 heterocycles. The predicted octanol–water partition coefficient (Wildman–Crippen LogP) is 5.35. The van der Waals surface area contributed by atoms with Crippen molar-refractivity contribution in [3.05, 3.63) is 179 Å². The summed E-state index contributed by atoms with van der Waals surface area (Å²) in [6.07, 6.45) is -8.32. The van der Waals surface area contributed by atoms with Crippen LogP contribution in [0.25, 0.3) is 0 Å². The zero-order chi connectivity index (χ0) is 35.8. The maximum atomic E-state index is 11.2. The van der Waals surface area contributed by atoms with Gasteiger partial charge in [0.25, 0.3) is 0 Å². The van der Waals surface area contributed by atoms with Gasteiger partial charge in [0.05, 0.1) is 26.4 Å². The molecule has 0 saturated carbocycles. The fraction of sp³-hybridized carbons (Fsp3) is 0.302. The summed E-state index contributed by atoms with van der Waals surface area (Å²) in [5, 5.41) is 33.3. The predicted molar refractivity (Wildman–Crippen MR) is 193 cm³/mol. The molecule has 7 rings (SSSR count). The fourth-order valence-electron chi connectivity index (χ4n) is 6.91. The van der Waals surface area contributed by atoms with Gasteiger partial charge in [0.2, 0.25) is 0 Å². The molecular weight excluding hydrogens is 660 g/mol. The Labute approximate surface area is 303 Å². The normalized spacial score (nSPS) is 26.1. The molecule has 0 spiro atoms. The molecule has 0 radical (unpaired) electrons. The lowest BCUT2D eigenvalue weighted by molar-refractivity contribution is -0.203. The Morgan fingerprint density at radius 3 is 1.38 bits per heavy atom. The summed E-state index contributed by atoms with van der Waals surface area (Å²) < 4.78 is 37.4. The van der Waals surface area contributed by atoms with Crippen molar-refractivity contribution in [2.24, 2.45) is 0 Å². The molecule has 5 aromatic rings. The van der Waals surface area contributed by atoms with Crippen molar-refractivity contribution in [1.82, 2.24) is 0 Å². The van der Waals surface area contributed by atoms with E-state index in [1.165, 1.54) is 0 Å². The van der Waals surface area contributed by atoms with Crippen molar-refractivity contribution < 1.29 is 43.7 Å². The van der Waals surface area contributed by atoms with Crippen LogP contribution >= 0.6 is 0 Å². The van der Waals surface area contributed by atoms with Crippen molar-refractivity contribution in [3.63, 3.8) is 0 Å². The lowest BCUT2D eigenvalue weighted by atomic mass is 9.80. The van der Waals surface area contributed by atoms with Gasteiger partial charge in [-0.05, 0) is 27.8 Å². The van der Waals surface area contributed by atoms with E-state index >= 15 is 0 Å². The van der Waals surface area contributed by atoms with Crippen molar-refractivity contribution in [1.29, 1.82) is 0 Å². The third-order valence-electron chi connectivity index (χ3n) is 9.60. The van der Waals surface area contributed by atoms with Crippen LogP contribution < -0.4 is 0 Å². The summed E-state index contributed by atoms with van der Waals surface area (Å²) in [5.74, 6) is 0. The van der Waals surface area contributed by atoms with Crippen molar-refractivity contribution in [3.8, 4) is 0 Å². The van der Waals surface area contributed by atoms with Crippen LogP contribution in [0, 0.1) is 0 Å². The number of rotatable bonds is 15. The summed E-state index contributed by atoms with van der Waals surface area (Å²) in [5.41, 5.74) is 3.55. The molecular formula is C43H44O9. The highest BCUT2D eigenvalue weighted by Crippen LogP contribution is 2.41. The first-order chi connectivity index (χ1) is 25.5. The number of hydrogen-bond donors (Lipinski definition) is 3. The van der Waals surface area contributed by atoms with Gasteiger partial charge in [-0.2, -0.15) is 0 Å². The van der Waals surface area contributed by atoms with Gasteiger partial charge in [-0.15, -0.1) is 0 Å². The second kappa shape index (κ2) is 17.0. The van der Waals surface area contributed by atoms with E-state index in [2.05, 4.69) is 0 Å². The molecule has 2 fully saturated rings. The van der Waals surface area contributed by atoms with Crippen LogP contribution in [0.15, 0.2) is 152 Å². The quantitative estimate of drug-likeness (QED) is 0.124. The van der Waals surface area contributed by atoms with Crippen LogP contribution in [0.2, 0.25) is 0 Å². The largest absolute Gasteiger partial charge is 0.387 e. The summed E-state index contributed by atoms with van der Waals surface area (Å²) in [4.78, 5) is 0. The number of aliphatic hydroxyl groups is 3. The second-order valence-electron chi connectivity index (χ2n) is 13.0. The first-order valence-electron chi connectivity index (χ1n) is 17.6. The minimum absolute atomic E-state index is 0.0619. The molecule has 9 nitrogen and oxygen atoms in total. The van der Waals surface area contributed by atoms with Crippen LogP contribution in [0.3, 0.4) is 0 Å². The molecule has 5 aromatic carbocycles. The number of benzene rings is 5. The van der Waals surface area contributed by atoms with E-state index < -0.39 is 54.8 Å². The second-order valence-corrected chi connectivity index (χ2v) is 13.0. The third kappa shape index (κ3) is 8.04. The maximum absolute atomic E-state index is 11.2. The molecule has 0 amide bonds. The van der Waals surface area contributed by atoms with Gasteiger partial charge in [0.15, 0.2) is 12.6 Å². The summed E-state index contributed by atoms with van der Waals surface area (Å²) in [7, 11) is 0. The first-order valence-corrected chi connectivity index (χ1v) is 17.6. The smallest absolute Gasteiger partial charge is 0.186 e. The van der Waals surface area contributed by atoms with Crippen molar-refractivity contribution in [2.45, 2.75) is 68.0 Å². The van der Waals surface area contributed by atoms with Crippen LogP contribution in [0.1, 0.15) is 27.8 Å². The van der Waals surface area contributed by atoms with E-state index in [1.807, 2.05) is 152 Å². The molecule has 0 bridgehead atoms. The molecule has 3 N–H and O–H groups in total. The van der Waals surface area contributed by atoms with Gasteiger partial charge in [-0.25, -0.2) is 0 Å². The monoisotopic (exact) mass is 704 g/mol. The van der Waals surface area contributed by atoms with Gasteiger partial charge in [0.1, 0.15) is 42.2 Å². The Kier molecular flexibility index (Phi) is 11.8. The molecule has 2 aliphatic rings. The van der Waals surface area contributed by atoms with E-state index in [4.69, 9.17) is 28.4 Å². The number of ether oxygens (including phenoxy) is 6. The summed E-state index contributed by atoms with van der Waals surface area (Å²) in [6.45, 7) is 0.342. The van der Waals surface area contributed by atoms with E-state index in [9.17, 15) is 15.3 Å². The molecule has 52 heavy (non-hydrogen) atoms. The highest BCUT2D eigenvalue weighted by atomic mass is 16.7. The molecule has 0 aliphatic carbocycles. The topological polar surface area (TPSA) is 116 Å². The first kappa shape index (κ1) is 36.1. The molecule has 2 aliphatic heterocycles. The van der Waals surface area contributed by atoms with E-state index in [-0.39, 0.29) is 26.4 Å². The zero-order valence-corrected chi connectivity index (χ0v) is 28.7. The Bertz CT molecular complexity index is 1680.